The van der Waals surface area contributed by atoms with Crippen LogP contribution < -0.4 is 5.19 Å². The van der Waals surface area contributed by atoms with Crippen LogP contribution in [0, 0.1) is 12.1 Å². The minimum atomic E-state index is -1.23. The number of rotatable bonds is 4. The predicted octanol–water partition coefficient (Wildman–Crippen LogP) is 10.6. The van der Waals surface area contributed by atoms with Gasteiger partial charge in [-0.3, -0.25) is 0 Å². The van der Waals surface area contributed by atoms with Crippen molar-refractivity contribution in [2.24, 2.45) is 0 Å². The van der Waals surface area contributed by atoms with Gasteiger partial charge in [0, 0.05) is 37.2 Å². The second-order valence-corrected chi connectivity index (χ2v) is 18.9. The van der Waals surface area contributed by atoms with E-state index in [2.05, 4.69) is 116 Å². The van der Waals surface area contributed by atoms with E-state index in [1.807, 2.05) is 48.0 Å². The number of nitrogens with zero attached hydrogens (tertiary/aromatic N) is 2. The average Bonchev–Trinajstić information content (AvgIpc) is 3.46. The maximum absolute atomic E-state index is 4.75. The van der Waals surface area contributed by atoms with Crippen molar-refractivity contribution in [1.82, 2.24) is 9.97 Å². The van der Waals surface area contributed by atoms with Gasteiger partial charge in [0.1, 0.15) is 0 Å². The first-order chi connectivity index (χ1) is 21.9. The Bertz CT molecular complexity index is 2080. The molecular formula is C41H36IrN2SSi-2. The van der Waals surface area contributed by atoms with Gasteiger partial charge in [0.15, 0.2) is 0 Å². The van der Waals surface area contributed by atoms with Crippen molar-refractivity contribution in [2.75, 3.05) is 0 Å². The Morgan fingerprint density at radius 1 is 0.696 bits per heavy atom. The molecule has 46 heavy (non-hydrogen) atoms. The van der Waals surface area contributed by atoms with Crippen LogP contribution in [0.1, 0.15) is 24.0 Å². The van der Waals surface area contributed by atoms with Crippen molar-refractivity contribution in [1.29, 1.82) is 0 Å². The van der Waals surface area contributed by atoms with Gasteiger partial charge in [0.2, 0.25) is 0 Å². The monoisotopic (exact) mass is 809 g/mol. The quantitative estimate of drug-likeness (QED) is 0.131. The number of benzene rings is 4. The molecule has 0 N–H and O–H groups in total. The number of hydrogen-bond donors (Lipinski definition) is 0. The molecule has 0 saturated carbocycles. The van der Waals surface area contributed by atoms with Gasteiger partial charge < -0.3 is 9.97 Å². The maximum atomic E-state index is 4.75. The summed E-state index contributed by atoms with van der Waals surface area (Å²) in [5.41, 5.74) is 9.75. The van der Waals surface area contributed by atoms with E-state index in [4.69, 9.17) is 4.98 Å². The summed E-state index contributed by atoms with van der Waals surface area (Å²) in [6.07, 6.45) is 8.85. The summed E-state index contributed by atoms with van der Waals surface area (Å²) >= 11 is 1.86. The maximum Gasteiger partial charge on any atom is 0.0795 e. The van der Waals surface area contributed by atoms with Crippen molar-refractivity contribution < 1.29 is 20.1 Å². The van der Waals surface area contributed by atoms with Crippen LogP contribution in [0.25, 0.3) is 53.8 Å². The fourth-order valence-electron chi connectivity index (χ4n) is 6.11. The minimum absolute atomic E-state index is 0. The fraction of sp³-hybridized carbons (Fsp3) is 0.171. The van der Waals surface area contributed by atoms with E-state index in [1.165, 1.54) is 66.9 Å². The molecule has 0 spiro atoms. The van der Waals surface area contributed by atoms with Gasteiger partial charge in [-0.15, -0.1) is 59.7 Å². The molecule has 0 amide bonds. The molecule has 231 valence electrons. The molecule has 4 aromatic carbocycles. The molecule has 0 fully saturated rings. The molecule has 1 aliphatic rings. The van der Waals surface area contributed by atoms with Crippen LogP contribution in [0.15, 0.2) is 116 Å². The van der Waals surface area contributed by atoms with Crippen molar-refractivity contribution in [2.45, 2.75) is 45.3 Å². The summed E-state index contributed by atoms with van der Waals surface area (Å²) in [7, 11) is -1.23. The topological polar surface area (TPSA) is 25.8 Å². The van der Waals surface area contributed by atoms with Gasteiger partial charge in [-0.05, 0) is 75.6 Å². The van der Waals surface area contributed by atoms with Gasteiger partial charge >= 0.3 is 0 Å². The zero-order valence-corrected chi connectivity index (χ0v) is 30.6. The van der Waals surface area contributed by atoms with Crippen LogP contribution in [0.4, 0.5) is 0 Å². The predicted molar refractivity (Wildman–Crippen MR) is 195 cm³/mol. The molecular weight excluding hydrogens is 773 g/mol. The standard InChI is InChI=1S/C27H20NS.C14H16NSi.Ir/c1-2-6-18(7-3-1)20-11-13-25-24(16-20)23-12-10-21(17-26(23)29-25)27-22-9-5-4-8-19(22)14-15-28-27;1-16(2,3)13-9-10-14(15-11-13)12-7-5-4-6-8-12;/h1-3,6-7,11-17H,4-5,8-9H2;4-7,9-11H,1-3H3;/q2*-1;. The molecule has 1 radical (unpaired) electrons. The molecule has 5 heteroatoms. The van der Waals surface area contributed by atoms with E-state index < -0.39 is 8.07 Å². The van der Waals surface area contributed by atoms with Crippen molar-refractivity contribution in [3.05, 3.63) is 139 Å². The Kier molecular flexibility index (Phi) is 9.77. The van der Waals surface area contributed by atoms with E-state index in [0.717, 1.165) is 28.9 Å². The first-order valence-electron chi connectivity index (χ1n) is 15.8. The molecule has 0 atom stereocenters. The Morgan fingerprint density at radius 2 is 1.52 bits per heavy atom. The van der Waals surface area contributed by atoms with Crippen LogP contribution in [0.5, 0.6) is 0 Å². The molecule has 0 saturated heterocycles. The Balaban J connectivity index is 0.000000187. The van der Waals surface area contributed by atoms with Crippen LogP contribution in [0.3, 0.4) is 0 Å². The largest absolute Gasteiger partial charge is 0.305 e. The van der Waals surface area contributed by atoms with Crippen LogP contribution in [-0.2, 0) is 32.9 Å². The summed E-state index contributed by atoms with van der Waals surface area (Å²) in [6, 6.07) is 43.1. The number of aryl methyl sites for hydroxylation is 1. The molecule has 3 aromatic heterocycles. The molecule has 0 bridgehead atoms. The molecule has 2 nitrogen and oxygen atoms in total. The first-order valence-corrected chi connectivity index (χ1v) is 20.1. The van der Waals surface area contributed by atoms with E-state index in [9.17, 15) is 0 Å². The van der Waals surface area contributed by atoms with Gasteiger partial charge in [0.25, 0.3) is 0 Å². The normalized spacial score (nSPS) is 12.6. The number of thiophene rings is 1. The molecule has 7 aromatic rings. The fourth-order valence-corrected chi connectivity index (χ4v) is 8.25. The van der Waals surface area contributed by atoms with Crippen molar-refractivity contribution >= 4 is 44.8 Å². The number of aromatic nitrogens is 2. The van der Waals surface area contributed by atoms with Gasteiger partial charge in [-0.2, -0.15) is 11.3 Å². The first kappa shape index (κ1) is 32.2. The Hall–Kier alpha value is -3.73. The Labute approximate surface area is 291 Å². The zero-order chi connectivity index (χ0) is 30.8. The molecule has 0 aliphatic heterocycles. The number of hydrogen-bond acceptors (Lipinski definition) is 3. The van der Waals surface area contributed by atoms with Crippen molar-refractivity contribution in [3.63, 3.8) is 0 Å². The second kappa shape index (κ2) is 13.9. The van der Waals surface area contributed by atoms with Crippen LogP contribution in [0.2, 0.25) is 19.6 Å². The smallest absolute Gasteiger partial charge is 0.0795 e. The van der Waals surface area contributed by atoms with E-state index in [0.29, 0.717) is 0 Å². The minimum Gasteiger partial charge on any atom is -0.305 e. The summed E-state index contributed by atoms with van der Waals surface area (Å²) in [5, 5.41) is 4.00. The van der Waals surface area contributed by atoms with E-state index in [1.54, 1.807) is 0 Å². The molecule has 0 unspecified atom stereocenters. The van der Waals surface area contributed by atoms with E-state index in [-0.39, 0.29) is 20.1 Å². The van der Waals surface area contributed by atoms with Crippen LogP contribution in [-0.4, -0.2) is 18.0 Å². The third-order valence-corrected chi connectivity index (χ3v) is 11.8. The number of fused-ring (bicyclic) bond motifs is 4. The number of pyridine rings is 2. The Morgan fingerprint density at radius 3 is 2.28 bits per heavy atom. The van der Waals surface area contributed by atoms with Gasteiger partial charge in [0.05, 0.1) is 8.07 Å². The summed E-state index contributed by atoms with van der Waals surface area (Å²) in [6.45, 7) is 7.00. The summed E-state index contributed by atoms with van der Waals surface area (Å²) < 4.78 is 2.64. The average molecular weight is 809 g/mol. The van der Waals surface area contributed by atoms with Gasteiger partial charge in [-0.1, -0.05) is 90.8 Å². The second-order valence-electron chi connectivity index (χ2n) is 12.8. The zero-order valence-electron chi connectivity index (χ0n) is 26.4. The molecule has 1 aliphatic carbocycles. The third-order valence-electron chi connectivity index (χ3n) is 8.66. The van der Waals surface area contributed by atoms with E-state index >= 15 is 0 Å². The van der Waals surface area contributed by atoms with Crippen LogP contribution >= 0.6 is 11.3 Å². The third kappa shape index (κ3) is 6.84. The SMILES string of the molecule is C[Si](C)(C)c1ccc(-c2[c-]cccc2)nc1.[Ir].[c-]1cc2c(cc1-c1nccc3c1CCCC3)sc1ccc(-c3ccccc3)cc12. The summed E-state index contributed by atoms with van der Waals surface area (Å²) in [4.78, 5) is 9.27. The van der Waals surface area contributed by atoms with Gasteiger partial charge in [-0.25, -0.2) is 0 Å². The molecule has 8 rings (SSSR count). The van der Waals surface area contributed by atoms with Crippen molar-refractivity contribution in [3.8, 4) is 33.6 Å². The molecule has 3 heterocycles. The summed E-state index contributed by atoms with van der Waals surface area (Å²) in [5.74, 6) is 0.